The Kier molecular flexibility index (Phi) is 6.73. The molecule has 30 heavy (non-hydrogen) atoms. The molecule has 3 rings (SSSR count). The van der Waals surface area contributed by atoms with Crippen LogP contribution in [0.1, 0.15) is 48.0 Å². The zero-order valence-corrected chi connectivity index (χ0v) is 20.2. The predicted molar refractivity (Wildman–Crippen MR) is 127 cm³/mol. The molecule has 2 atom stereocenters. The first kappa shape index (κ1) is 23.0. The molecule has 162 valence electrons. The van der Waals surface area contributed by atoms with E-state index in [1.807, 2.05) is 13.0 Å². The lowest BCUT2D eigenvalue weighted by Crippen LogP contribution is -2.66. The third-order valence-electron chi connectivity index (χ3n) is 6.25. The van der Waals surface area contributed by atoms with Gasteiger partial charge in [0.15, 0.2) is 0 Å². The third kappa shape index (κ3) is 4.78. The minimum absolute atomic E-state index is 0.0536. The molecular weight excluding hydrogens is 388 g/mol. The highest BCUT2D eigenvalue weighted by Gasteiger charge is 2.50. The van der Waals surface area contributed by atoms with Crippen molar-refractivity contribution in [3.8, 4) is 0 Å². The second-order valence-corrected chi connectivity index (χ2v) is 14.2. The van der Waals surface area contributed by atoms with Crippen molar-refractivity contribution in [2.24, 2.45) is 0 Å². The zero-order chi connectivity index (χ0) is 22.0. The molecule has 0 saturated carbocycles. The summed E-state index contributed by atoms with van der Waals surface area (Å²) in [4.78, 5) is 0. The van der Waals surface area contributed by atoms with E-state index >= 15 is 0 Å². The van der Waals surface area contributed by atoms with Gasteiger partial charge in [0, 0.05) is 6.42 Å². The number of benzene rings is 2. The predicted octanol–water partition coefficient (Wildman–Crippen LogP) is 4.44. The highest BCUT2D eigenvalue weighted by molar-refractivity contribution is 6.99. The summed E-state index contributed by atoms with van der Waals surface area (Å²) in [5, 5.41) is 13.1. The van der Waals surface area contributed by atoms with E-state index in [1.165, 1.54) is 10.4 Å². The quantitative estimate of drug-likeness (QED) is 0.387. The third-order valence-corrected chi connectivity index (χ3v) is 11.3. The van der Waals surface area contributed by atoms with Gasteiger partial charge in [0.2, 0.25) is 0 Å². The molecule has 0 bridgehead atoms. The second kappa shape index (κ2) is 8.79. The van der Waals surface area contributed by atoms with Crippen LogP contribution in [0.15, 0.2) is 72.3 Å². The Bertz CT molecular complexity index is 813. The Labute approximate surface area is 182 Å². The molecule has 0 spiro atoms. The first-order chi connectivity index (χ1) is 14.1. The van der Waals surface area contributed by atoms with Crippen molar-refractivity contribution in [2.75, 3.05) is 6.61 Å². The van der Waals surface area contributed by atoms with E-state index in [9.17, 15) is 5.11 Å². The molecule has 1 N–H and O–H groups in total. The zero-order valence-electron chi connectivity index (χ0n) is 19.2. The molecule has 0 aliphatic carbocycles. The normalized spacial score (nSPS) is 20.1. The Hall–Kier alpha value is -1.72. The highest BCUT2D eigenvalue weighted by Crippen LogP contribution is 2.39. The number of aliphatic hydroxyl groups excluding tert-OH is 1. The molecule has 0 radical (unpaired) electrons. The molecule has 1 unspecified atom stereocenters. The topological polar surface area (TPSA) is 42.0 Å². The van der Waals surface area contributed by atoms with Crippen molar-refractivity contribution in [1.29, 1.82) is 0 Å². The van der Waals surface area contributed by atoms with Crippen LogP contribution in [0.5, 0.6) is 0 Å². The molecule has 1 aliphatic rings. The Morgan fingerprint density at radius 3 is 1.93 bits per heavy atom. The lowest BCUT2D eigenvalue weighted by Gasteiger charge is -2.42. The minimum Gasteiger partial charge on any atom is -0.404 e. The van der Waals surface area contributed by atoms with Crippen LogP contribution in [0.25, 0.3) is 0 Å². The monoisotopic (exact) mass is 424 g/mol. The van der Waals surface area contributed by atoms with Gasteiger partial charge >= 0.3 is 0 Å². The van der Waals surface area contributed by atoms with Gasteiger partial charge < -0.3 is 14.3 Å². The van der Waals surface area contributed by atoms with E-state index in [4.69, 9.17) is 9.16 Å². The lowest BCUT2D eigenvalue weighted by atomic mass is 10.0. The van der Waals surface area contributed by atoms with Crippen LogP contribution in [-0.4, -0.2) is 37.8 Å². The van der Waals surface area contributed by atoms with Crippen LogP contribution in [0.3, 0.4) is 0 Å². The van der Waals surface area contributed by atoms with Crippen LogP contribution in [0, 0.1) is 0 Å². The van der Waals surface area contributed by atoms with E-state index in [2.05, 4.69) is 95.3 Å². The second-order valence-electron chi connectivity index (χ2n) is 9.88. The molecule has 0 aromatic heterocycles. The van der Waals surface area contributed by atoms with Crippen LogP contribution in [0.4, 0.5) is 0 Å². The Morgan fingerprint density at radius 2 is 1.53 bits per heavy atom. The summed E-state index contributed by atoms with van der Waals surface area (Å²) in [6.45, 7) is 13.4. The fraction of sp³-hybridized carbons (Fsp3) is 0.462. The summed E-state index contributed by atoms with van der Waals surface area (Å²) in [6, 6.07) is 21.3. The summed E-state index contributed by atoms with van der Waals surface area (Å²) in [5.74, 6) is 0. The number of ether oxygens (including phenoxy) is 1. The van der Waals surface area contributed by atoms with Crippen LogP contribution in [-0.2, 0) is 9.16 Å². The van der Waals surface area contributed by atoms with E-state index in [0.717, 1.165) is 5.57 Å². The molecule has 0 amide bonds. The molecule has 4 heteroatoms. The average molecular weight is 425 g/mol. The van der Waals surface area contributed by atoms with Gasteiger partial charge in [-0.25, -0.2) is 0 Å². The first-order valence-electron chi connectivity index (χ1n) is 10.9. The summed E-state index contributed by atoms with van der Waals surface area (Å²) < 4.78 is 12.5. The number of hydrogen-bond donors (Lipinski definition) is 1. The van der Waals surface area contributed by atoms with Gasteiger partial charge in [-0.05, 0) is 41.8 Å². The molecular formula is C26H36O3Si. The Balaban J connectivity index is 1.86. The van der Waals surface area contributed by atoms with Crippen molar-refractivity contribution in [3.05, 3.63) is 72.3 Å². The fourth-order valence-electron chi connectivity index (χ4n) is 4.25. The SMILES string of the molecule is C/C(=C\CO[Si](c1ccccc1)(c1ccccc1)C(C)(C)C)[C@@H](O)CC1OC1(C)C. The van der Waals surface area contributed by atoms with Crippen LogP contribution >= 0.6 is 0 Å². The van der Waals surface area contributed by atoms with E-state index < -0.39 is 14.4 Å². The summed E-state index contributed by atoms with van der Waals surface area (Å²) in [5.41, 5.74) is 0.839. The van der Waals surface area contributed by atoms with Crippen molar-refractivity contribution in [1.82, 2.24) is 0 Å². The van der Waals surface area contributed by atoms with Gasteiger partial charge in [0.05, 0.1) is 24.4 Å². The molecule has 2 aromatic carbocycles. The van der Waals surface area contributed by atoms with Gasteiger partial charge in [0.1, 0.15) is 0 Å². The van der Waals surface area contributed by atoms with Gasteiger partial charge in [-0.3, -0.25) is 0 Å². The fourth-order valence-corrected chi connectivity index (χ4v) is 8.74. The van der Waals surface area contributed by atoms with Gasteiger partial charge in [-0.15, -0.1) is 0 Å². The van der Waals surface area contributed by atoms with Gasteiger partial charge in [-0.2, -0.15) is 0 Å². The maximum Gasteiger partial charge on any atom is 0.261 e. The number of aliphatic hydroxyl groups is 1. The van der Waals surface area contributed by atoms with Gasteiger partial charge in [-0.1, -0.05) is 87.5 Å². The van der Waals surface area contributed by atoms with E-state index in [1.54, 1.807) is 0 Å². The number of rotatable bonds is 8. The average Bonchev–Trinajstić information content (AvgIpc) is 3.31. The molecule has 3 nitrogen and oxygen atoms in total. The van der Waals surface area contributed by atoms with E-state index in [-0.39, 0.29) is 16.7 Å². The standard InChI is InChI=1S/C26H36O3Si/c1-20(23(27)19-24-26(5,6)29-24)17-18-28-30(25(2,3)4,21-13-9-7-10-14-21)22-15-11-8-12-16-22/h7-17,23-24,27H,18-19H2,1-6H3/b20-17+/t23-,24?/m0/s1. The summed E-state index contributed by atoms with van der Waals surface area (Å²) in [6.07, 6.45) is 2.31. The van der Waals surface area contributed by atoms with Crippen LogP contribution < -0.4 is 10.4 Å². The number of epoxide rings is 1. The maximum absolute atomic E-state index is 10.6. The first-order valence-corrected chi connectivity index (χ1v) is 12.8. The van der Waals surface area contributed by atoms with E-state index in [0.29, 0.717) is 13.0 Å². The highest BCUT2D eigenvalue weighted by atomic mass is 28.4. The van der Waals surface area contributed by atoms with Crippen molar-refractivity contribution >= 4 is 18.7 Å². The maximum atomic E-state index is 10.6. The molecule has 1 saturated heterocycles. The Morgan fingerprint density at radius 1 is 1.07 bits per heavy atom. The lowest BCUT2D eigenvalue weighted by molar-refractivity contribution is 0.183. The smallest absolute Gasteiger partial charge is 0.261 e. The van der Waals surface area contributed by atoms with Crippen molar-refractivity contribution in [2.45, 2.75) is 70.8 Å². The molecule has 1 heterocycles. The minimum atomic E-state index is -2.54. The van der Waals surface area contributed by atoms with Crippen molar-refractivity contribution < 1.29 is 14.3 Å². The van der Waals surface area contributed by atoms with Crippen LogP contribution in [0.2, 0.25) is 5.04 Å². The largest absolute Gasteiger partial charge is 0.404 e. The summed E-state index contributed by atoms with van der Waals surface area (Å²) >= 11 is 0. The van der Waals surface area contributed by atoms with Gasteiger partial charge in [0.25, 0.3) is 8.32 Å². The van der Waals surface area contributed by atoms with Crippen molar-refractivity contribution in [3.63, 3.8) is 0 Å². The summed E-state index contributed by atoms with van der Waals surface area (Å²) in [7, 11) is -2.54. The molecule has 1 aliphatic heterocycles. The number of hydrogen-bond acceptors (Lipinski definition) is 3. The molecule has 1 fully saturated rings. The molecule has 2 aromatic rings.